The standard InChI is InChI=1S/C12H16BrN3O7/c1-5(17)20-4-8-10(21-6(2)18)11(22-7(3)19)9(13)12(23-8)15-16-14/h8-12H,4H2,1-3H3/t8-,9+,10+,11-,12+/m1/s1. The van der Waals surface area contributed by atoms with Crippen LogP contribution in [0.15, 0.2) is 5.11 Å². The van der Waals surface area contributed by atoms with E-state index in [1.165, 1.54) is 20.8 Å². The van der Waals surface area contributed by atoms with Crippen molar-refractivity contribution in [1.82, 2.24) is 0 Å². The van der Waals surface area contributed by atoms with Crippen LogP contribution in [-0.4, -0.2) is 53.9 Å². The van der Waals surface area contributed by atoms with E-state index in [0.717, 1.165) is 0 Å². The van der Waals surface area contributed by atoms with Crippen LogP contribution in [0.1, 0.15) is 20.8 Å². The summed E-state index contributed by atoms with van der Waals surface area (Å²) in [4.78, 5) is 35.5. The van der Waals surface area contributed by atoms with Crippen molar-refractivity contribution in [2.45, 2.75) is 50.1 Å². The van der Waals surface area contributed by atoms with Gasteiger partial charge in [0.1, 0.15) is 12.7 Å². The number of esters is 3. The first-order chi connectivity index (χ1) is 10.8. The molecule has 0 aromatic rings. The van der Waals surface area contributed by atoms with Crippen molar-refractivity contribution in [1.29, 1.82) is 0 Å². The second kappa shape index (κ2) is 8.70. The number of carbonyl (C=O) groups excluding carboxylic acids is 3. The van der Waals surface area contributed by atoms with Gasteiger partial charge in [0.05, 0.1) is 4.83 Å². The number of ether oxygens (including phenoxy) is 4. The molecule has 1 saturated heterocycles. The first kappa shape index (κ1) is 19.2. The summed E-state index contributed by atoms with van der Waals surface area (Å²) in [6.45, 7) is 3.30. The van der Waals surface area contributed by atoms with Gasteiger partial charge in [-0.3, -0.25) is 14.4 Å². The molecule has 1 aliphatic rings. The Labute approximate surface area is 140 Å². The maximum Gasteiger partial charge on any atom is 0.303 e. The van der Waals surface area contributed by atoms with Crippen molar-refractivity contribution >= 4 is 33.8 Å². The normalized spacial score (nSPS) is 29.8. The van der Waals surface area contributed by atoms with E-state index in [0.29, 0.717) is 0 Å². The number of carbonyl (C=O) groups is 3. The smallest absolute Gasteiger partial charge is 0.303 e. The highest BCUT2D eigenvalue weighted by molar-refractivity contribution is 9.09. The van der Waals surface area contributed by atoms with E-state index < -0.39 is 47.3 Å². The minimum absolute atomic E-state index is 0.262. The molecule has 0 unspecified atom stereocenters. The third kappa shape index (κ3) is 5.70. The molecule has 23 heavy (non-hydrogen) atoms. The van der Waals surface area contributed by atoms with Gasteiger partial charge in [-0.1, -0.05) is 21.0 Å². The molecule has 0 saturated carbocycles. The predicted molar refractivity (Wildman–Crippen MR) is 78.3 cm³/mol. The second-order valence-corrected chi connectivity index (χ2v) is 5.72. The third-order valence-corrected chi connectivity index (χ3v) is 3.78. The molecule has 10 nitrogen and oxygen atoms in total. The fourth-order valence-electron chi connectivity index (χ4n) is 2.02. The van der Waals surface area contributed by atoms with Crippen LogP contribution in [-0.2, 0) is 33.3 Å². The molecule has 5 atom stereocenters. The maximum absolute atomic E-state index is 11.3. The maximum atomic E-state index is 11.3. The highest BCUT2D eigenvalue weighted by Gasteiger charge is 2.49. The Morgan fingerprint density at radius 2 is 1.70 bits per heavy atom. The van der Waals surface area contributed by atoms with Crippen LogP contribution in [0.4, 0.5) is 0 Å². The minimum Gasteiger partial charge on any atom is -0.463 e. The van der Waals surface area contributed by atoms with Gasteiger partial charge in [0.2, 0.25) is 0 Å². The summed E-state index contributed by atoms with van der Waals surface area (Å²) >= 11 is 3.22. The van der Waals surface area contributed by atoms with Crippen LogP contribution in [0.5, 0.6) is 0 Å². The monoisotopic (exact) mass is 393 g/mol. The van der Waals surface area contributed by atoms with Crippen molar-refractivity contribution in [3.8, 4) is 0 Å². The van der Waals surface area contributed by atoms with Gasteiger partial charge >= 0.3 is 17.9 Å². The van der Waals surface area contributed by atoms with E-state index in [-0.39, 0.29) is 6.61 Å². The van der Waals surface area contributed by atoms with E-state index in [9.17, 15) is 14.4 Å². The van der Waals surface area contributed by atoms with Gasteiger partial charge < -0.3 is 18.9 Å². The molecule has 1 fully saturated rings. The molecule has 128 valence electrons. The summed E-state index contributed by atoms with van der Waals surface area (Å²) in [5.74, 6) is -1.82. The largest absolute Gasteiger partial charge is 0.463 e. The molecule has 0 aromatic carbocycles. The second-order valence-electron chi connectivity index (χ2n) is 4.67. The quantitative estimate of drug-likeness (QED) is 0.171. The zero-order chi connectivity index (χ0) is 17.6. The van der Waals surface area contributed by atoms with Crippen molar-refractivity contribution in [2.75, 3.05) is 6.61 Å². The van der Waals surface area contributed by atoms with Crippen LogP contribution in [0.25, 0.3) is 10.4 Å². The third-order valence-electron chi connectivity index (χ3n) is 2.81. The van der Waals surface area contributed by atoms with Crippen LogP contribution >= 0.6 is 15.9 Å². The summed E-state index contributed by atoms with van der Waals surface area (Å²) in [5, 5.41) is 3.45. The van der Waals surface area contributed by atoms with Gasteiger partial charge in [0.25, 0.3) is 0 Å². The van der Waals surface area contributed by atoms with Crippen molar-refractivity contribution in [2.24, 2.45) is 5.11 Å². The van der Waals surface area contributed by atoms with Crippen LogP contribution < -0.4 is 0 Å². The van der Waals surface area contributed by atoms with Crippen molar-refractivity contribution < 1.29 is 33.3 Å². The Bertz CT molecular complexity index is 523. The lowest BCUT2D eigenvalue weighted by atomic mass is 10.0. The lowest BCUT2D eigenvalue weighted by Gasteiger charge is -2.41. The molecule has 1 rings (SSSR count). The topological polar surface area (TPSA) is 137 Å². The molecule has 0 N–H and O–H groups in total. The zero-order valence-corrected chi connectivity index (χ0v) is 14.3. The zero-order valence-electron chi connectivity index (χ0n) is 12.7. The van der Waals surface area contributed by atoms with Gasteiger partial charge in [-0.05, 0) is 5.53 Å². The Kier molecular flexibility index (Phi) is 7.27. The van der Waals surface area contributed by atoms with Gasteiger partial charge in [0.15, 0.2) is 18.4 Å². The average Bonchev–Trinajstić information content (AvgIpc) is 2.43. The lowest BCUT2D eigenvalue weighted by molar-refractivity contribution is -0.211. The summed E-state index contributed by atoms with van der Waals surface area (Å²) in [7, 11) is 0. The number of hydrogen-bond donors (Lipinski definition) is 0. The Morgan fingerprint density at radius 1 is 1.13 bits per heavy atom. The van der Waals surface area contributed by atoms with Gasteiger partial charge in [-0.25, -0.2) is 0 Å². The molecule has 0 aliphatic carbocycles. The molecule has 0 amide bonds. The highest BCUT2D eigenvalue weighted by atomic mass is 79.9. The first-order valence-electron chi connectivity index (χ1n) is 6.57. The highest BCUT2D eigenvalue weighted by Crippen LogP contribution is 2.32. The van der Waals surface area contributed by atoms with E-state index in [1.807, 2.05) is 0 Å². The fraction of sp³-hybridized carbons (Fsp3) is 0.750. The number of alkyl halides is 1. The molecule has 0 aromatic heterocycles. The Balaban J connectivity index is 3.09. The van der Waals surface area contributed by atoms with Crippen LogP contribution in [0.3, 0.4) is 0 Å². The number of hydrogen-bond acceptors (Lipinski definition) is 8. The SMILES string of the molecule is CC(=O)OC[C@H]1O[C@H](N=[N+]=[N-])[C@@H](Br)[C@@H](OC(C)=O)[C@H]1OC(C)=O. The molecule has 1 aliphatic heterocycles. The summed E-state index contributed by atoms with van der Waals surface area (Å²) < 4.78 is 20.7. The van der Waals surface area contributed by atoms with E-state index >= 15 is 0 Å². The van der Waals surface area contributed by atoms with Crippen LogP contribution in [0, 0.1) is 0 Å². The molecule has 0 bridgehead atoms. The Morgan fingerprint density at radius 3 is 2.17 bits per heavy atom. The number of azide groups is 1. The summed E-state index contributed by atoms with van der Waals surface area (Å²) in [5.41, 5.74) is 8.60. The molecule has 11 heteroatoms. The van der Waals surface area contributed by atoms with Gasteiger partial charge in [0, 0.05) is 25.7 Å². The van der Waals surface area contributed by atoms with E-state index in [4.69, 9.17) is 24.5 Å². The molecule has 0 radical (unpaired) electrons. The minimum atomic E-state index is -1.04. The summed E-state index contributed by atoms with van der Waals surface area (Å²) in [6, 6.07) is 0. The van der Waals surface area contributed by atoms with Gasteiger partial charge in [-0.2, -0.15) is 0 Å². The van der Waals surface area contributed by atoms with E-state index in [1.54, 1.807) is 0 Å². The van der Waals surface area contributed by atoms with Crippen LogP contribution in [0.2, 0.25) is 0 Å². The van der Waals surface area contributed by atoms with Crippen molar-refractivity contribution in [3.05, 3.63) is 10.4 Å². The predicted octanol–water partition coefficient (Wildman–Crippen LogP) is 1.21. The fourth-order valence-corrected chi connectivity index (χ4v) is 2.66. The Hall–Kier alpha value is -1.84. The molecular formula is C12H16BrN3O7. The number of rotatable bonds is 5. The first-order valence-corrected chi connectivity index (χ1v) is 7.49. The van der Waals surface area contributed by atoms with Crippen molar-refractivity contribution in [3.63, 3.8) is 0 Å². The number of halogens is 1. The van der Waals surface area contributed by atoms with Gasteiger partial charge in [-0.15, -0.1) is 0 Å². The van der Waals surface area contributed by atoms with E-state index in [2.05, 4.69) is 26.0 Å². The number of nitrogens with zero attached hydrogens (tertiary/aromatic N) is 3. The summed E-state index contributed by atoms with van der Waals surface area (Å²) in [6.07, 6.45) is -4.03. The molecular weight excluding hydrogens is 378 g/mol. The molecule has 0 spiro atoms. The average molecular weight is 394 g/mol. The molecule has 1 heterocycles. The lowest BCUT2D eigenvalue weighted by Crippen LogP contribution is -2.58.